The molecule has 0 atom stereocenters. The van der Waals surface area contributed by atoms with Crippen molar-refractivity contribution in [3.63, 3.8) is 0 Å². The van der Waals surface area contributed by atoms with Crippen LogP contribution in [0.3, 0.4) is 0 Å². The van der Waals surface area contributed by atoms with Gasteiger partial charge in [0.15, 0.2) is 0 Å². The zero-order valence-corrected chi connectivity index (χ0v) is 9.24. The smallest absolute Gasteiger partial charge is 0.115 e. The van der Waals surface area contributed by atoms with E-state index in [9.17, 15) is 0 Å². The van der Waals surface area contributed by atoms with Crippen LogP contribution in [0.25, 0.3) is 11.0 Å². The molecule has 0 saturated heterocycles. The molecule has 0 aliphatic carbocycles. The number of fused-ring (bicyclic) bond motifs is 1. The highest BCUT2D eigenvalue weighted by atomic mass is 15.6. The van der Waals surface area contributed by atoms with E-state index in [1.54, 1.807) is 4.79 Å². The summed E-state index contributed by atoms with van der Waals surface area (Å²) in [5.41, 5.74) is 6.33. The zero-order chi connectivity index (χ0) is 11.5. The van der Waals surface area contributed by atoms with Crippen molar-refractivity contribution in [3.8, 4) is 0 Å². The van der Waals surface area contributed by atoms with Gasteiger partial charge in [-0.05, 0) is 22.9 Å². The molecule has 0 amide bonds. The van der Waals surface area contributed by atoms with Gasteiger partial charge in [-0.25, -0.2) is 0 Å². The Labute approximate surface area is 98.9 Å². The maximum atomic E-state index is 4.08. The molecule has 4 heteroatoms. The first-order chi connectivity index (χ1) is 8.43. The molecule has 0 fully saturated rings. The minimum Gasteiger partial charge on any atom is -0.304 e. The minimum atomic E-state index is 0.730. The summed E-state index contributed by atoms with van der Waals surface area (Å²) in [4.78, 5) is 1.71. The maximum Gasteiger partial charge on any atom is 0.115 e. The molecule has 3 aromatic rings. The molecule has 3 rings (SSSR count). The predicted molar refractivity (Wildman–Crippen MR) is 67.0 cm³/mol. The second kappa shape index (κ2) is 4.25. The first-order valence-electron chi connectivity index (χ1n) is 5.52. The van der Waals surface area contributed by atoms with E-state index in [0.29, 0.717) is 0 Å². The first-order valence-corrected chi connectivity index (χ1v) is 5.52. The number of rotatable bonds is 3. The van der Waals surface area contributed by atoms with Gasteiger partial charge < -0.3 is 5.43 Å². The van der Waals surface area contributed by atoms with Crippen LogP contribution < -0.4 is 5.43 Å². The lowest BCUT2D eigenvalue weighted by molar-refractivity contribution is 0.710. The number of nitrogens with one attached hydrogen (secondary N) is 1. The molecule has 0 aliphatic rings. The lowest BCUT2D eigenvalue weighted by atomic mass is 10.2. The van der Waals surface area contributed by atoms with Crippen molar-refractivity contribution in [3.05, 3.63) is 60.2 Å². The molecule has 4 nitrogen and oxygen atoms in total. The topological polar surface area (TPSA) is 42.7 Å². The molecule has 0 saturated carbocycles. The highest BCUT2D eigenvalue weighted by Crippen LogP contribution is 2.08. The lowest BCUT2D eigenvalue weighted by Gasteiger charge is -2.06. The minimum absolute atomic E-state index is 0.730. The normalized spacial score (nSPS) is 10.6. The molecule has 0 aliphatic heterocycles. The van der Waals surface area contributed by atoms with E-state index in [1.165, 1.54) is 5.56 Å². The Morgan fingerprint density at radius 3 is 2.59 bits per heavy atom. The van der Waals surface area contributed by atoms with Crippen LogP contribution in [-0.4, -0.2) is 15.1 Å². The Kier molecular flexibility index (Phi) is 2.46. The van der Waals surface area contributed by atoms with Crippen LogP contribution in [0.4, 0.5) is 0 Å². The van der Waals surface area contributed by atoms with E-state index >= 15 is 0 Å². The highest BCUT2D eigenvalue weighted by Gasteiger charge is 2.01. The van der Waals surface area contributed by atoms with Gasteiger partial charge >= 0.3 is 0 Å². The van der Waals surface area contributed by atoms with Crippen LogP contribution in [0.2, 0.25) is 0 Å². The van der Waals surface area contributed by atoms with Gasteiger partial charge in [-0.2, -0.15) is 4.79 Å². The summed E-state index contributed by atoms with van der Waals surface area (Å²) in [7, 11) is 0. The van der Waals surface area contributed by atoms with Gasteiger partial charge in [-0.3, -0.25) is 0 Å². The van der Waals surface area contributed by atoms with E-state index in [0.717, 1.165) is 17.6 Å². The monoisotopic (exact) mass is 224 g/mol. The van der Waals surface area contributed by atoms with Crippen molar-refractivity contribution in [1.82, 2.24) is 15.1 Å². The molecule has 0 spiro atoms. The number of aromatic nitrogens is 3. The molecule has 1 aromatic heterocycles. The summed E-state index contributed by atoms with van der Waals surface area (Å²) in [5.74, 6) is 0. The Morgan fingerprint density at radius 1 is 0.941 bits per heavy atom. The van der Waals surface area contributed by atoms with Crippen LogP contribution in [0.1, 0.15) is 5.56 Å². The van der Waals surface area contributed by atoms with Gasteiger partial charge in [0.2, 0.25) is 0 Å². The maximum absolute atomic E-state index is 4.08. The quantitative estimate of drug-likeness (QED) is 0.741. The van der Waals surface area contributed by atoms with Crippen molar-refractivity contribution in [2.75, 3.05) is 5.43 Å². The predicted octanol–water partition coefficient (Wildman–Crippen LogP) is 2.17. The average molecular weight is 224 g/mol. The fourth-order valence-electron chi connectivity index (χ4n) is 1.75. The van der Waals surface area contributed by atoms with Crippen molar-refractivity contribution in [1.29, 1.82) is 0 Å². The fourth-order valence-corrected chi connectivity index (χ4v) is 1.75. The molecule has 84 valence electrons. The molecular weight excluding hydrogens is 212 g/mol. The van der Waals surface area contributed by atoms with E-state index in [-0.39, 0.29) is 0 Å². The van der Waals surface area contributed by atoms with Crippen molar-refractivity contribution < 1.29 is 0 Å². The SMILES string of the molecule is c1ccc(CNn2nnc3ccccc32)cc1. The van der Waals surface area contributed by atoms with E-state index < -0.39 is 0 Å². The van der Waals surface area contributed by atoms with Gasteiger partial charge in [-0.15, -0.1) is 5.10 Å². The highest BCUT2D eigenvalue weighted by molar-refractivity contribution is 5.74. The van der Waals surface area contributed by atoms with E-state index in [2.05, 4.69) is 27.9 Å². The second-order valence-electron chi connectivity index (χ2n) is 3.81. The van der Waals surface area contributed by atoms with Crippen molar-refractivity contribution in [2.24, 2.45) is 0 Å². The summed E-state index contributed by atoms with van der Waals surface area (Å²) in [6.07, 6.45) is 0. The number of hydrogen-bond acceptors (Lipinski definition) is 3. The van der Waals surface area contributed by atoms with Crippen molar-refractivity contribution in [2.45, 2.75) is 6.54 Å². The first kappa shape index (κ1) is 9.84. The summed E-state index contributed by atoms with van der Waals surface area (Å²) >= 11 is 0. The van der Waals surface area contributed by atoms with Crippen LogP contribution in [0.15, 0.2) is 54.6 Å². The molecular formula is C13H12N4. The molecule has 0 radical (unpaired) electrons. The van der Waals surface area contributed by atoms with Crippen LogP contribution >= 0.6 is 0 Å². The zero-order valence-electron chi connectivity index (χ0n) is 9.24. The van der Waals surface area contributed by atoms with Gasteiger partial charge in [0.25, 0.3) is 0 Å². The van der Waals surface area contributed by atoms with E-state index in [1.807, 2.05) is 42.5 Å². The summed E-state index contributed by atoms with van der Waals surface area (Å²) in [6.45, 7) is 0.730. The number of benzene rings is 2. The Hall–Kier alpha value is -2.36. The van der Waals surface area contributed by atoms with Gasteiger partial charge in [0, 0.05) is 0 Å². The Morgan fingerprint density at radius 2 is 1.71 bits per heavy atom. The third kappa shape index (κ3) is 1.97. The molecule has 0 bridgehead atoms. The van der Waals surface area contributed by atoms with Gasteiger partial charge in [0.05, 0.1) is 6.54 Å². The Balaban J connectivity index is 1.82. The fraction of sp³-hybridized carbons (Fsp3) is 0.0769. The number of nitrogens with zero attached hydrogens (tertiary/aromatic N) is 3. The summed E-state index contributed by atoms with van der Waals surface area (Å²) < 4.78 is 0. The third-order valence-electron chi connectivity index (χ3n) is 2.63. The number of hydrogen-bond donors (Lipinski definition) is 1. The molecule has 0 unspecified atom stereocenters. The summed E-state index contributed by atoms with van der Waals surface area (Å²) in [5, 5.41) is 8.15. The average Bonchev–Trinajstić information content (AvgIpc) is 2.81. The number of para-hydroxylation sites is 1. The van der Waals surface area contributed by atoms with E-state index in [4.69, 9.17) is 0 Å². The molecule has 2 aromatic carbocycles. The lowest BCUT2D eigenvalue weighted by Crippen LogP contribution is -2.15. The van der Waals surface area contributed by atoms with Crippen LogP contribution in [0.5, 0.6) is 0 Å². The largest absolute Gasteiger partial charge is 0.304 e. The molecule has 1 heterocycles. The third-order valence-corrected chi connectivity index (χ3v) is 2.63. The van der Waals surface area contributed by atoms with Gasteiger partial charge in [-0.1, -0.05) is 42.5 Å². The Bertz CT molecular complexity index is 615. The second-order valence-corrected chi connectivity index (χ2v) is 3.81. The standard InChI is InChI=1S/C13H12N4/c1-2-6-11(7-3-1)10-14-17-13-9-5-4-8-12(13)15-16-17/h1-9,14H,10H2. The summed E-state index contributed by atoms with van der Waals surface area (Å²) in [6, 6.07) is 18.1. The van der Waals surface area contributed by atoms with Crippen molar-refractivity contribution >= 4 is 11.0 Å². The molecule has 1 N–H and O–H groups in total. The van der Waals surface area contributed by atoms with Gasteiger partial charge in [0.1, 0.15) is 11.0 Å². The van der Waals surface area contributed by atoms with Crippen LogP contribution in [-0.2, 0) is 6.54 Å². The van der Waals surface area contributed by atoms with Crippen LogP contribution in [0, 0.1) is 0 Å². The molecule has 17 heavy (non-hydrogen) atoms.